The number of aryl methyl sites for hydroxylation is 1. The molecule has 242 valence electrons. The van der Waals surface area contributed by atoms with E-state index in [2.05, 4.69) is 40.0 Å². The third kappa shape index (κ3) is 6.14. The fourth-order valence-electron chi connectivity index (χ4n) is 5.83. The predicted molar refractivity (Wildman–Crippen MR) is 175 cm³/mol. The number of rotatable bonds is 5. The van der Waals surface area contributed by atoms with E-state index in [-0.39, 0.29) is 34.5 Å². The number of aromatic nitrogens is 5. The van der Waals surface area contributed by atoms with Crippen LogP contribution in [-0.2, 0) is 25.6 Å². The van der Waals surface area contributed by atoms with Crippen LogP contribution in [0.1, 0.15) is 73.1 Å². The first-order valence-corrected chi connectivity index (χ1v) is 16.1. The predicted octanol–water partition coefficient (Wildman–Crippen LogP) is 7.57. The molecule has 4 heterocycles. The maximum atomic E-state index is 14.3. The van der Waals surface area contributed by atoms with Crippen LogP contribution in [0, 0.1) is 12.8 Å². The number of fused-ring (bicyclic) bond motifs is 3. The minimum Gasteiger partial charge on any atom is -0.330 e. The van der Waals surface area contributed by atoms with Crippen LogP contribution in [0.25, 0.3) is 17.0 Å². The Hall–Kier alpha value is -4.19. The van der Waals surface area contributed by atoms with Gasteiger partial charge in [0.15, 0.2) is 0 Å². The zero-order chi connectivity index (χ0) is 33.5. The molecule has 1 unspecified atom stereocenters. The maximum Gasteiger partial charge on any atom is 0.417 e. The Morgan fingerprint density at radius 2 is 1.74 bits per heavy atom. The van der Waals surface area contributed by atoms with Crippen LogP contribution in [0.2, 0.25) is 0 Å². The van der Waals surface area contributed by atoms with Crippen molar-refractivity contribution in [1.29, 1.82) is 0 Å². The molecular formula is C34H36BrF3N6O2. The summed E-state index contributed by atoms with van der Waals surface area (Å²) in [6, 6.07) is 12.5. The zero-order valence-electron chi connectivity index (χ0n) is 26.6. The average molecular weight is 698 g/mol. The molecule has 0 aliphatic carbocycles. The summed E-state index contributed by atoms with van der Waals surface area (Å²) >= 11 is 2.94. The van der Waals surface area contributed by atoms with Crippen molar-refractivity contribution in [1.82, 2.24) is 28.9 Å². The lowest BCUT2D eigenvalue weighted by Crippen LogP contribution is -2.46. The minimum absolute atomic E-state index is 0.0275. The molecule has 8 nitrogen and oxygen atoms in total. The molecule has 0 saturated carbocycles. The summed E-state index contributed by atoms with van der Waals surface area (Å²) in [5.74, 6) is -0.260. The number of benzene rings is 2. The molecule has 1 aliphatic heterocycles. The van der Waals surface area contributed by atoms with E-state index in [9.17, 15) is 22.8 Å². The molecule has 2 aromatic carbocycles. The van der Waals surface area contributed by atoms with Crippen molar-refractivity contribution >= 4 is 27.5 Å². The molecule has 0 spiro atoms. The third-order valence-electron chi connectivity index (χ3n) is 7.95. The van der Waals surface area contributed by atoms with Gasteiger partial charge in [0.05, 0.1) is 41.1 Å². The fraction of sp³-hybridized carbons (Fsp3) is 0.353. The van der Waals surface area contributed by atoms with E-state index < -0.39 is 23.7 Å². The summed E-state index contributed by atoms with van der Waals surface area (Å²) in [6.07, 6.45) is -0.101. The standard InChI is InChI=1S/C32H30BrF3N6O2.C2H6/c1-18(2)13-22-16-37-42-28-17-39(30(43)21-5-10-27(33)26(15-21)32(34,35)36)20(4)14-25(28)31(44)41(29(22)42)24-8-6-23(7-9-24)40-12-11-19(3)38-40;1-2/h5-12,15-16,18,20H,13-14,17H2,1-4H3;1-2H3. The summed E-state index contributed by atoms with van der Waals surface area (Å²) in [5, 5.41) is 9.14. The highest BCUT2D eigenvalue weighted by atomic mass is 79.9. The molecular weight excluding hydrogens is 661 g/mol. The van der Waals surface area contributed by atoms with Crippen molar-refractivity contribution in [2.45, 2.75) is 73.1 Å². The van der Waals surface area contributed by atoms with E-state index in [1.54, 1.807) is 26.9 Å². The highest BCUT2D eigenvalue weighted by Gasteiger charge is 2.36. The topological polar surface area (TPSA) is 77.4 Å². The molecule has 12 heteroatoms. The van der Waals surface area contributed by atoms with Crippen LogP contribution in [0.5, 0.6) is 0 Å². The normalized spacial score (nSPS) is 14.8. The van der Waals surface area contributed by atoms with Gasteiger partial charge in [0.1, 0.15) is 5.65 Å². The molecule has 6 rings (SSSR count). The molecule has 1 atom stereocenters. The van der Waals surface area contributed by atoms with Crippen LogP contribution in [-0.4, -0.2) is 40.8 Å². The number of carbonyl (C=O) groups excluding carboxylic acids is 1. The second-order valence-corrected chi connectivity index (χ2v) is 12.5. The highest BCUT2D eigenvalue weighted by molar-refractivity contribution is 9.10. The first-order chi connectivity index (χ1) is 21.8. The van der Waals surface area contributed by atoms with Crippen molar-refractivity contribution in [2.24, 2.45) is 5.92 Å². The van der Waals surface area contributed by atoms with E-state index in [4.69, 9.17) is 0 Å². The minimum atomic E-state index is -4.62. The number of nitrogens with zero attached hydrogens (tertiary/aromatic N) is 6. The number of alkyl halides is 3. The number of halogens is 4. The summed E-state index contributed by atoms with van der Waals surface area (Å²) < 4.78 is 45.8. The van der Waals surface area contributed by atoms with Gasteiger partial charge in [-0.1, -0.05) is 43.6 Å². The largest absolute Gasteiger partial charge is 0.417 e. The van der Waals surface area contributed by atoms with Crippen LogP contribution in [0.15, 0.2) is 70.2 Å². The van der Waals surface area contributed by atoms with Gasteiger partial charge in [-0.05, 0) is 81.1 Å². The van der Waals surface area contributed by atoms with Gasteiger partial charge in [-0.25, -0.2) is 9.20 Å². The number of carbonyl (C=O) groups is 1. The maximum absolute atomic E-state index is 14.3. The summed E-state index contributed by atoms with van der Waals surface area (Å²) in [7, 11) is 0. The van der Waals surface area contributed by atoms with Crippen LogP contribution in [0.4, 0.5) is 13.2 Å². The summed E-state index contributed by atoms with van der Waals surface area (Å²) in [4.78, 5) is 29.4. The van der Waals surface area contributed by atoms with Crippen molar-refractivity contribution in [3.05, 3.63) is 109 Å². The Morgan fingerprint density at radius 1 is 1.07 bits per heavy atom. The lowest BCUT2D eigenvalue weighted by Gasteiger charge is -2.35. The number of amides is 1. The van der Waals surface area contributed by atoms with Crippen LogP contribution >= 0.6 is 15.9 Å². The van der Waals surface area contributed by atoms with Gasteiger partial charge in [-0.3, -0.25) is 14.2 Å². The third-order valence-corrected chi connectivity index (χ3v) is 8.64. The van der Waals surface area contributed by atoms with E-state index in [0.717, 1.165) is 23.0 Å². The molecule has 1 amide bonds. The molecule has 0 radical (unpaired) electrons. The van der Waals surface area contributed by atoms with Crippen molar-refractivity contribution in [2.75, 3.05) is 0 Å². The van der Waals surface area contributed by atoms with Gasteiger partial charge in [0, 0.05) is 33.4 Å². The molecule has 0 bridgehead atoms. The van der Waals surface area contributed by atoms with E-state index in [1.165, 1.54) is 17.0 Å². The van der Waals surface area contributed by atoms with Crippen molar-refractivity contribution in [3.63, 3.8) is 0 Å². The molecule has 0 saturated heterocycles. The Morgan fingerprint density at radius 3 is 2.35 bits per heavy atom. The molecule has 0 N–H and O–H groups in total. The Kier molecular flexibility index (Phi) is 9.30. The SMILES string of the molecule is CC.Cc1ccn(-c2ccc(-n3c(=O)c4c(n5ncc(CC(C)C)c35)CN(C(=O)c3ccc(Br)c(C(F)(F)F)c3)C(C)C4)cc2)n1. The Labute approximate surface area is 273 Å². The fourth-order valence-corrected chi connectivity index (χ4v) is 6.31. The van der Waals surface area contributed by atoms with Gasteiger partial charge < -0.3 is 4.90 Å². The second kappa shape index (κ2) is 12.9. The molecule has 3 aromatic heterocycles. The molecule has 0 fully saturated rings. The van der Waals surface area contributed by atoms with Gasteiger partial charge in [-0.2, -0.15) is 23.4 Å². The van der Waals surface area contributed by atoms with E-state index in [1.807, 2.05) is 57.3 Å². The number of hydrogen-bond acceptors (Lipinski definition) is 4. The molecule has 46 heavy (non-hydrogen) atoms. The van der Waals surface area contributed by atoms with Crippen LogP contribution in [0.3, 0.4) is 0 Å². The molecule has 5 aromatic rings. The summed E-state index contributed by atoms with van der Waals surface area (Å²) in [5.41, 5.74) is 3.77. The zero-order valence-corrected chi connectivity index (χ0v) is 28.1. The lowest BCUT2D eigenvalue weighted by atomic mass is 9.97. The molecule has 1 aliphatic rings. The Bertz CT molecular complexity index is 1960. The number of hydrogen-bond donors (Lipinski definition) is 0. The lowest BCUT2D eigenvalue weighted by molar-refractivity contribution is -0.138. The monoisotopic (exact) mass is 696 g/mol. The van der Waals surface area contributed by atoms with E-state index in [0.29, 0.717) is 29.0 Å². The Balaban J connectivity index is 0.00000204. The van der Waals surface area contributed by atoms with Gasteiger partial charge >= 0.3 is 6.18 Å². The average Bonchev–Trinajstić information content (AvgIpc) is 3.64. The van der Waals surface area contributed by atoms with Gasteiger partial charge in [0.2, 0.25) is 0 Å². The summed E-state index contributed by atoms with van der Waals surface area (Å²) in [6.45, 7) is 11.9. The van der Waals surface area contributed by atoms with Crippen molar-refractivity contribution < 1.29 is 18.0 Å². The highest BCUT2D eigenvalue weighted by Crippen LogP contribution is 2.36. The second-order valence-electron chi connectivity index (χ2n) is 11.7. The van der Waals surface area contributed by atoms with Crippen molar-refractivity contribution in [3.8, 4) is 11.4 Å². The van der Waals surface area contributed by atoms with Gasteiger partial charge in [-0.15, -0.1) is 0 Å². The first-order valence-electron chi connectivity index (χ1n) is 15.3. The van der Waals surface area contributed by atoms with E-state index >= 15 is 0 Å². The van der Waals surface area contributed by atoms with Gasteiger partial charge in [0.25, 0.3) is 11.5 Å². The quantitative estimate of drug-likeness (QED) is 0.190. The smallest absolute Gasteiger partial charge is 0.330 e. The van der Waals surface area contributed by atoms with Crippen LogP contribution < -0.4 is 5.56 Å². The first kappa shape index (κ1) is 33.2.